The van der Waals surface area contributed by atoms with Gasteiger partial charge in [-0.05, 0) is 52.7 Å². The van der Waals surface area contributed by atoms with Crippen molar-refractivity contribution in [2.75, 3.05) is 13.2 Å². The van der Waals surface area contributed by atoms with E-state index in [1.165, 1.54) is 44.6 Å². The number of hydrogen-bond donors (Lipinski definition) is 0. The molecule has 0 amide bonds. The van der Waals surface area contributed by atoms with Gasteiger partial charge in [0, 0.05) is 11.5 Å². The van der Waals surface area contributed by atoms with Crippen LogP contribution in [0.4, 0.5) is 4.39 Å². The van der Waals surface area contributed by atoms with Gasteiger partial charge in [-0.3, -0.25) is 0 Å². The molecule has 1 aromatic carbocycles. The zero-order valence-corrected chi connectivity index (χ0v) is 15.4. The van der Waals surface area contributed by atoms with Crippen molar-refractivity contribution >= 4 is 15.9 Å². The Hall–Kier alpha value is -0.450. The van der Waals surface area contributed by atoms with Crippen LogP contribution in [0.1, 0.15) is 57.3 Å². The van der Waals surface area contributed by atoms with Crippen molar-refractivity contribution in [2.24, 2.45) is 17.8 Å². The molecule has 128 valence electrons. The number of benzene rings is 1. The zero-order valence-electron chi connectivity index (χ0n) is 13.8. The average molecular weight is 385 g/mol. The van der Waals surface area contributed by atoms with Crippen LogP contribution in [0.15, 0.2) is 22.7 Å². The Morgan fingerprint density at radius 3 is 2.39 bits per heavy atom. The standard InChI is InChI=1S/C19H26BrFO2/c1-2-3-13-4-6-14(7-5-13)16-11-22-19(23-12-16)15-8-9-17(20)18(21)10-15/h8-10,13-14,16,19H,2-7,11-12H2,1H3. The van der Waals surface area contributed by atoms with E-state index in [4.69, 9.17) is 9.47 Å². The van der Waals surface area contributed by atoms with E-state index in [1.54, 1.807) is 6.07 Å². The van der Waals surface area contributed by atoms with Gasteiger partial charge in [0.25, 0.3) is 0 Å². The molecular weight excluding hydrogens is 359 g/mol. The van der Waals surface area contributed by atoms with Crippen molar-refractivity contribution < 1.29 is 13.9 Å². The van der Waals surface area contributed by atoms with Gasteiger partial charge in [-0.2, -0.15) is 0 Å². The second-order valence-electron chi connectivity index (χ2n) is 7.00. The molecule has 0 N–H and O–H groups in total. The molecule has 0 radical (unpaired) electrons. The van der Waals surface area contributed by atoms with Gasteiger partial charge in [-0.15, -0.1) is 0 Å². The van der Waals surface area contributed by atoms with E-state index in [-0.39, 0.29) is 5.82 Å². The molecule has 4 heteroatoms. The molecular formula is C19H26BrFO2. The number of halogens is 2. The Morgan fingerprint density at radius 2 is 1.78 bits per heavy atom. The molecule has 0 aromatic heterocycles. The van der Waals surface area contributed by atoms with Gasteiger partial charge < -0.3 is 9.47 Å². The van der Waals surface area contributed by atoms with Gasteiger partial charge in [-0.25, -0.2) is 4.39 Å². The second-order valence-corrected chi connectivity index (χ2v) is 7.86. The Labute approximate surface area is 146 Å². The third-order valence-corrected chi connectivity index (χ3v) is 6.04. The molecule has 0 bridgehead atoms. The van der Waals surface area contributed by atoms with Crippen LogP contribution in [-0.2, 0) is 9.47 Å². The number of ether oxygens (including phenoxy) is 2. The first-order chi connectivity index (χ1) is 11.2. The summed E-state index contributed by atoms with van der Waals surface area (Å²) in [6, 6.07) is 5.05. The van der Waals surface area contributed by atoms with Crippen molar-refractivity contribution in [2.45, 2.75) is 51.7 Å². The maximum Gasteiger partial charge on any atom is 0.183 e. The Balaban J connectivity index is 1.50. The minimum atomic E-state index is -0.426. The summed E-state index contributed by atoms with van der Waals surface area (Å²) in [6.07, 6.45) is 7.58. The highest BCUT2D eigenvalue weighted by Crippen LogP contribution is 2.38. The lowest BCUT2D eigenvalue weighted by Crippen LogP contribution is -2.34. The van der Waals surface area contributed by atoms with E-state index in [0.717, 1.165) is 30.6 Å². The molecule has 2 fully saturated rings. The molecule has 1 saturated carbocycles. The van der Waals surface area contributed by atoms with E-state index in [2.05, 4.69) is 22.9 Å². The van der Waals surface area contributed by atoms with Crippen LogP contribution in [0, 0.1) is 23.6 Å². The lowest BCUT2D eigenvalue weighted by molar-refractivity contribution is -0.214. The van der Waals surface area contributed by atoms with E-state index in [1.807, 2.05) is 6.07 Å². The summed E-state index contributed by atoms with van der Waals surface area (Å²) in [5.41, 5.74) is 0.760. The van der Waals surface area contributed by atoms with Crippen molar-refractivity contribution in [3.63, 3.8) is 0 Å². The van der Waals surface area contributed by atoms with E-state index in [9.17, 15) is 4.39 Å². The predicted octanol–water partition coefficient (Wildman–Crippen LogP) is 5.86. The zero-order chi connectivity index (χ0) is 16.2. The predicted molar refractivity (Wildman–Crippen MR) is 92.6 cm³/mol. The van der Waals surface area contributed by atoms with Gasteiger partial charge in [0.2, 0.25) is 0 Å². The molecule has 1 aliphatic carbocycles. The summed E-state index contributed by atoms with van der Waals surface area (Å²) in [5.74, 6) is 1.88. The first-order valence-electron chi connectivity index (χ1n) is 8.85. The third-order valence-electron chi connectivity index (χ3n) is 5.39. The molecule has 3 rings (SSSR count). The van der Waals surface area contributed by atoms with Crippen LogP contribution in [0.2, 0.25) is 0 Å². The third kappa shape index (κ3) is 4.34. The monoisotopic (exact) mass is 384 g/mol. The summed E-state index contributed by atoms with van der Waals surface area (Å²) in [4.78, 5) is 0. The highest BCUT2D eigenvalue weighted by atomic mass is 79.9. The molecule has 2 nitrogen and oxygen atoms in total. The fraction of sp³-hybridized carbons (Fsp3) is 0.684. The van der Waals surface area contributed by atoms with Crippen LogP contribution in [0.3, 0.4) is 0 Å². The number of rotatable bonds is 4. The minimum absolute atomic E-state index is 0.272. The smallest absolute Gasteiger partial charge is 0.183 e. The lowest BCUT2D eigenvalue weighted by Gasteiger charge is -2.37. The Morgan fingerprint density at radius 1 is 1.09 bits per heavy atom. The maximum atomic E-state index is 13.6. The van der Waals surface area contributed by atoms with Gasteiger partial charge >= 0.3 is 0 Å². The maximum absolute atomic E-state index is 13.6. The molecule has 23 heavy (non-hydrogen) atoms. The van der Waals surface area contributed by atoms with Crippen LogP contribution in [0.5, 0.6) is 0 Å². The van der Waals surface area contributed by atoms with Crippen molar-refractivity contribution in [3.05, 3.63) is 34.1 Å². The molecule has 1 aliphatic heterocycles. The first kappa shape index (κ1) is 17.4. The normalized spacial score (nSPS) is 32.0. The fourth-order valence-electron chi connectivity index (χ4n) is 4.00. The molecule has 1 heterocycles. The topological polar surface area (TPSA) is 18.5 Å². The molecule has 1 saturated heterocycles. The van der Waals surface area contributed by atoms with Gasteiger partial charge in [0.05, 0.1) is 17.7 Å². The summed E-state index contributed by atoms with van der Waals surface area (Å²) in [5, 5.41) is 0. The highest BCUT2D eigenvalue weighted by molar-refractivity contribution is 9.10. The van der Waals surface area contributed by atoms with E-state index in [0.29, 0.717) is 10.4 Å². The van der Waals surface area contributed by atoms with Gasteiger partial charge in [0.1, 0.15) is 5.82 Å². The van der Waals surface area contributed by atoms with Crippen LogP contribution >= 0.6 is 15.9 Å². The summed E-state index contributed by atoms with van der Waals surface area (Å²) in [6.45, 7) is 3.73. The fourth-order valence-corrected chi connectivity index (χ4v) is 4.25. The summed E-state index contributed by atoms with van der Waals surface area (Å²) >= 11 is 3.17. The minimum Gasteiger partial charge on any atom is -0.348 e. The molecule has 2 aliphatic rings. The van der Waals surface area contributed by atoms with Crippen molar-refractivity contribution in [1.82, 2.24) is 0 Å². The van der Waals surface area contributed by atoms with Crippen molar-refractivity contribution in [3.8, 4) is 0 Å². The van der Waals surface area contributed by atoms with Gasteiger partial charge in [-0.1, -0.05) is 38.7 Å². The number of hydrogen-bond acceptors (Lipinski definition) is 2. The highest BCUT2D eigenvalue weighted by Gasteiger charge is 2.32. The van der Waals surface area contributed by atoms with Crippen LogP contribution < -0.4 is 0 Å². The lowest BCUT2D eigenvalue weighted by atomic mass is 9.75. The van der Waals surface area contributed by atoms with E-state index >= 15 is 0 Å². The van der Waals surface area contributed by atoms with Crippen LogP contribution in [-0.4, -0.2) is 13.2 Å². The van der Waals surface area contributed by atoms with Crippen LogP contribution in [0.25, 0.3) is 0 Å². The Kier molecular flexibility index (Phi) is 6.11. The Bertz CT molecular complexity index is 506. The summed E-state index contributed by atoms with van der Waals surface area (Å²) < 4.78 is 25.9. The first-order valence-corrected chi connectivity index (χ1v) is 9.64. The van der Waals surface area contributed by atoms with Crippen molar-refractivity contribution in [1.29, 1.82) is 0 Å². The molecule has 0 atom stereocenters. The average Bonchev–Trinajstić information content (AvgIpc) is 2.59. The largest absolute Gasteiger partial charge is 0.348 e. The molecule has 1 aromatic rings. The SMILES string of the molecule is CCCC1CCC(C2COC(c3ccc(Br)c(F)c3)OC2)CC1. The van der Waals surface area contributed by atoms with Gasteiger partial charge in [0.15, 0.2) is 6.29 Å². The summed E-state index contributed by atoms with van der Waals surface area (Å²) in [7, 11) is 0. The van der Waals surface area contributed by atoms with E-state index < -0.39 is 6.29 Å². The quantitative estimate of drug-likeness (QED) is 0.647. The molecule has 0 spiro atoms. The molecule has 0 unspecified atom stereocenters. The second kappa shape index (κ2) is 8.09.